The number of hydrogen-bond acceptors (Lipinski definition) is 4. The Bertz CT molecular complexity index is 808. The third kappa shape index (κ3) is 4.26. The molecule has 26 heavy (non-hydrogen) atoms. The number of carbonyl (C=O) groups excluding carboxylic acids is 2. The van der Waals surface area contributed by atoms with Gasteiger partial charge in [0.1, 0.15) is 11.5 Å². The van der Waals surface area contributed by atoms with Gasteiger partial charge >= 0.3 is 0 Å². The second kappa shape index (κ2) is 8.10. The highest BCUT2D eigenvalue weighted by Gasteiger charge is 2.24. The first kappa shape index (κ1) is 18.1. The predicted molar refractivity (Wildman–Crippen MR) is 100 cm³/mol. The van der Waals surface area contributed by atoms with Crippen LogP contribution < -0.4 is 19.7 Å². The summed E-state index contributed by atoms with van der Waals surface area (Å²) in [4.78, 5) is 25.7. The van der Waals surface area contributed by atoms with E-state index in [9.17, 15) is 9.59 Å². The third-order valence-corrected chi connectivity index (χ3v) is 4.26. The minimum atomic E-state index is -0.299. The lowest BCUT2D eigenvalue weighted by molar-refractivity contribution is -0.118. The van der Waals surface area contributed by atoms with E-state index in [0.717, 1.165) is 6.42 Å². The fourth-order valence-electron chi connectivity index (χ4n) is 2.76. The number of halogens is 1. The fraction of sp³-hybridized carbons (Fsp3) is 0.263. The number of benzene rings is 2. The van der Waals surface area contributed by atoms with Crippen LogP contribution >= 0.6 is 11.6 Å². The van der Waals surface area contributed by atoms with Gasteiger partial charge in [-0.05, 0) is 42.8 Å². The lowest BCUT2D eigenvalue weighted by Gasteiger charge is -2.19. The average molecular weight is 375 g/mol. The van der Waals surface area contributed by atoms with E-state index in [2.05, 4.69) is 5.32 Å². The topological polar surface area (TPSA) is 67.9 Å². The maximum absolute atomic E-state index is 12.1. The summed E-state index contributed by atoms with van der Waals surface area (Å²) in [5, 5.41) is 3.36. The van der Waals surface area contributed by atoms with Gasteiger partial charge in [0.05, 0.1) is 12.8 Å². The van der Waals surface area contributed by atoms with Gasteiger partial charge in [0.2, 0.25) is 5.91 Å². The number of amides is 2. The van der Waals surface area contributed by atoms with Crippen LogP contribution in [0.1, 0.15) is 12.8 Å². The molecule has 0 saturated carbocycles. The molecule has 0 aliphatic carbocycles. The van der Waals surface area contributed by atoms with Crippen molar-refractivity contribution in [3.63, 3.8) is 0 Å². The van der Waals surface area contributed by atoms with Gasteiger partial charge in [0.15, 0.2) is 6.61 Å². The van der Waals surface area contributed by atoms with Crippen LogP contribution in [0.4, 0.5) is 11.4 Å². The van der Waals surface area contributed by atoms with Crippen molar-refractivity contribution in [3.05, 3.63) is 47.5 Å². The molecule has 0 bridgehead atoms. The van der Waals surface area contributed by atoms with Crippen molar-refractivity contribution in [1.82, 2.24) is 0 Å². The molecule has 1 aliphatic rings. The number of rotatable bonds is 6. The zero-order valence-electron chi connectivity index (χ0n) is 14.3. The Morgan fingerprint density at radius 3 is 2.65 bits per heavy atom. The van der Waals surface area contributed by atoms with E-state index in [1.807, 2.05) is 0 Å². The number of carbonyl (C=O) groups is 2. The van der Waals surface area contributed by atoms with Crippen molar-refractivity contribution in [2.24, 2.45) is 0 Å². The van der Waals surface area contributed by atoms with Crippen LogP contribution in [-0.2, 0) is 9.59 Å². The Balaban J connectivity index is 1.63. The molecule has 2 aromatic carbocycles. The standard InChI is InChI=1S/C19H19ClN2O4/c1-25-17-11-14(6-9-16(17)22-10-2-3-19(22)24)21-18(23)12-26-15-7-4-13(20)5-8-15/h4-9,11H,2-3,10,12H2,1H3,(H,21,23). The first-order valence-electron chi connectivity index (χ1n) is 8.23. The zero-order valence-corrected chi connectivity index (χ0v) is 15.1. The average Bonchev–Trinajstić information content (AvgIpc) is 3.07. The summed E-state index contributed by atoms with van der Waals surface area (Å²) in [6.45, 7) is 0.548. The molecule has 0 atom stereocenters. The van der Waals surface area contributed by atoms with E-state index in [1.54, 1.807) is 47.4 Å². The number of nitrogens with one attached hydrogen (secondary N) is 1. The smallest absolute Gasteiger partial charge is 0.262 e. The lowest BCUT2D eigenvalue weighted by atomic mass is 10.2. The molecule has 0 radical (unpaired) electrons. The molecule has 1 aliphatic heterocycles. The van der Waals surface area contributed by atoms with E-state index in [-0.39, 0.29) is 18.4 Å². The van der Waals surface area contributed by atoms with Gasteiger partial charge in [0, 0.05) is 29.7 Å². The van der Waals surface area contributed by atoms with Gasteiger partial charge in [-0.2, -0.15) is 0 Å². The second-order valence-electron chi connectivity index (χ2n) is 5.83. The molecule has 0 aromatic heterocycles. The quantitative estimate of drug-likeness (QED) is 0.840. The highest BCUT2D eigenvalue weighted by Crippen LogP contribution is 2.33. The number of ether oxygens (including phenoxy) is 2. The molecule has 2 amide bonds. The van der Waals surface area contributed by atoms with Crippen molar-refractivity contribution < 1.29 is 19.1 Å². The van der Waals surface area contributed by atoms with E-state index < -0.39 is 0 Å². The maximum Gasteiger partial charge on any atom is 0.262 e. The Labute approximate surface area is 156 Å². The van der Waals surface area contributed by atoms with Crippen molar-refractivity contribution in [2.75, 3.05) is 30.5 Å². The minimum absolute atomic E-state index is 0.0800. The third-order valence-electron chi connectivity index (χ3n) is 4.01. The minimum Gasteiger partial charge on any atom is -0.494 e. The molecular formula is C19H19ClN2O4. The second-order valence-corrected chi connectivity index (χ2v) is 6.26. The van der Waals surface area contributed by atoms with Crippen LogP contribution in [0.25, 0.3) is 0 Å². The van der Waals surface area contributed by atoms with E-state index in [4.69, 9.17) is 21.1 Å². The summed E-state index contributed by atoms with van der Waals surface area (Å²) in [6.07, 6.45) is 1.38. The molecule has 6 nitrogen and oxygen atoms in total. The highest BCUT2D eigenvalue weighted by molar-refractivity contribution is 6.30. The van der Waals surface area contributed by atoms with Crippen LogP contribution in [0.5, 0.6) is 11.5 Å². The molecule has 7 heteroatoms. The Morgan fingerprint density at radius 1 is 1.23 bits per heavy atom. The van der Waals surface area contributed by atoms with Crippen LogP contribution in [0, 0.1) is 0 Å². The highest BCUT2D eigenvalue weighted by atomic mass is 35.5. The largest absolute Gasteiger partial charge is 0.494 e. The molecule has 0 spiro atoms. The Morgan fingerprint density at radius 2 is 2.00 bits per heavy atom. The fourth-order valence-corrected chi connectivity index (χ4v) is 2.88. The zero-order chi connectivity index (χ0) is 18.5. The van der Waals surface area contributed by atoms with Gasteiger partial charge in [-0.15, -0.1) is 0 Å². The lowest BCUT2D eigenvalue weighted by Crippen LogP contribution is -2.24. The van der Waals surface area contributed by atoms with Crippen LogP contribution in [0.2, 0.25) is 5.02 Å². The molecular weight excluding hydrogens is 356 g/mol. The molecule has 1 saturated heterocycles. The predicted octanol–water partition coefficient (Wildman–Crippen LogP) is 3.49. The van der Waals surface area contributed by atoms with Gasteiger partial charge in [-0.25, -0.2) is 0 Å². The number of methoxy groups -OCH3 is 1. The van der Waals surface area contributed by atoms with E-state index in [1.165, 1.54) is 7.11 Å². The molecule has 0 unspecified atom stereocenters. The van der Waals surface area contributed by atoms with E-state index >= 15 is 0 Å². The van der Waals surface area contributed by atoms with Gasteiger partial charge < -0.3 is 19.7 Å². The van der Waals surface area contributed by atoms with Crippen LogP contribution in [0.3, 0.4) is 0 Å². The maximum atomic E-state index is 12.1. The molecule has 3 rings (SSSR count). The van der Waals surface area contributed by atoms with Crippen LogP contribution in [0.15, 0.2) is 42.5 Å². The normalized spacial score (nSPS) is 13.6. The van der Waals surface area contributed by atoms with Gasteiger partial charge in [-0.1, -0.05) is 11.6 Å². The molecule has 1 heterocycles. The first-order valence-corrected chi connectivity index (χ1v) is 8.61. The number of nitrogens with zero attached hydrogens (tertiary/aromatic N) is 1. The van der Waals surface area contributed by atoms with E-state index in [0.29, 0.717) is 40.9 Å². The molecule has 2 aromatic rings. The Hall–Kier alpha value is -2.73. The van der Waals surface area contributed by atoms with Crippen molar-refractivity contribution in [3.8, 4) is 11.5 Å². The van der Waals surface area contributed by atoms with Crippen LogP contribution in [-0.4, -0.2) is 32.1 Å². The van der Waals surface area contributed by atoms with Crippen molar-refractivity contribution >= 4 is 34.8 Å². The van der Waals surface area contributed by atoms with Gasteiger partial charge in [-0.3, -0.25) is 9.59 Å². The molecule has 1 N–H and O–H groups in total. The van der Waals surface area contributed by atoms with Crippen molar-refractivity contribution in [2.45, 2.75) is 12.8 Å². The summed E-state index contributed by atoms with van der Waals surface area (Å²) < 4.78 is 10.8. The number of anilines is 2. The summed E-state index contributed by atoms with van der Waals surface area (Å²) in [5.41, 5.74) is 1.28. The summed E-state index contributed by atoms with van der Waals surface area (Å²) in [6, 6.07) is 12.0. The molecule has 1 fully saturated rings. The summed E-state index contributed by atoms with van der Waals surface area (Å²) in [5.74, 6) is 0.880. The van der Waals surface area contributed by atoms with Gasteiger partial charge in [0.25, 0.3) is 5.91 Å². The summed E-state index contributed by atoms with van der Waals surface area (Å²) in [7, 11) is 1.54. The number of hydrogen-bond donors (Lipinski definition) is 1. The summed E-state index contributed by atoms with van der Waals surface area (Å²) >= 11 is 5.81. The first-order chi connectivity index (χ1) is 12.6. The Kier molecular flexibility index (Phi) is 5.63. The van der Waals surface area contributed by atoms with Crippen molar-refractivity contribution in [1.29, 1.82) is 0 Å². The monoisotopic (exact) mass is 374 g/mol. The molecule has 136 valence electrons. The SMILES string of the molecule is COc1cc(NC(=O)COc2ccc(Cl)cc2)ccc1N1CCCC1=O.